The van der Waals surface area contributed by atoms with Crippen LogP contribution in [0.15, 0.2) is 46.2 Å². The molecule has 0 heterocycles. The van der Waals surface area contributed by atoms with Gasteiger partial charge >= 0.3 is 11.9 Å². The topological polar surface area (TPSA) is 72.8 Å². The third-order valence-electron chi connectivity index (χ3n) is 3.45. The molecule has 2 aromatic carbocycles. The maximum Gasteiger partial charge on any atom is 0.342 e. The number of rotatable bonds is 5. The van der Waals surface area contributed by atoms with Crippen LogP contribution in [0.5, 0.6) is 5.75 Å². The minimum absolute atomic E-state index is 0.0305. The number of hydrogen-bond acceptors (Lipinski definition) is 6. The zero-order valence-electron chi connectivity index (χ0n) is 13.7. The van der Waals surface area contributed by atoms with Crippen LogP contribution >= 0.6 is 11.8 Å². The van der Waals surface area contributed by atoms with Gasteiger partial charge in [0, 0.05) is 9.79 Å². The van der Waals surface area contributed by atoms with Crippen LogP contribution in [0, 0.1) is 0 Å². The van der Waals surface area contributed by atoms with Crippen molar-refractivity contribution in [3.8, 4) is 5.75 Å². The normalized spacial score (nSPS) is 10.3. The average Bonchev–Trinajstić information content (AvgIpc) is 2.60. The van der Waals surface area contributed by atoms with E-state index >= 15 is 0 Å². The van der Waals surface area contributed by atoms with Crippen LogP contribution in [0.1, 0.15) is 33.2 Å². The van der Waals surface area contributed by atoms with Crippen LogP contribution in [-0.2, 0) is 15.9 Å². The summed E-state index contributed by atoms with van der Waals surface area (Å²) in [5.41, 5.74) is 0.991. The number of aryl methyl sites for hydroxylation is 1. The second-order valence-corrected chi connectivity index (χ2v) is 6.09. The van der Waals surface area contributed by atoms with Gasteiger partial charge in [0.1, 0.15) is 11.3 Å². The number of phenols is 1. The van der Waals surface area contributed by atoms with Gasteiger partial charge in [0.15, 0.2) is 0 Å². The van der Waals surface area contributed by atoms with E-state index in [1.165, 1.54) is 43.7 Å². The van der Waals surface area contributed by atoms with Gasteiger partial charge in [-0.2, -0.15) is 0 Å². The van der Waals surface area contributed by atoms with E-state index in [1.54, 1.807) is 0 Å². The van der Waals surface area contributed by atoms with Crippen molar-refractivity contribution in [2.24, 2.45) is 0 Å². The van der Waals surface area contributed by atoms with Crippen molar-refractivity contribution in [1.82, 2.24) is 0 Å². The van der Waals surface area contributed by atoms with Gasteiger partial charge in [-0.25, -0.2) is 9.59 Å². The number of phenolic OH excluding ortho intramolecular Hbond substituents is 1. The predicted octanol–water partition coefficient (Wildman–Crippen LogP) is 3.68. The van der Waals surface area contributed by atoms with Crippen LogP contribution in [0.2, 0.25) is 0 Å². The molecule has 0 aromatic heterocycles. The quantitative estimate of drug-likeness (QED) is 0.833. The lowest BCUT2D eigenvalue weighted by Crippen LogP contribution is -2.12. The molecule has 0 radical (unpaired) electrons. The number of aromatic hydroxyl groups is 1. The van der Waals surface area contributed by atoms with Crippen molar-refractivity contribution in [3.05, 3.63) is 53.1 Å². The lowest BCUT2D eigenvalue weighted by molar-refractivity contribution is 0.0552. The van der Waals surface area contributed by atoms with E-state index in [0.29, 0.717) is 4.90 Å². The van der Waals surface area contributed by atoms with Crippen LogP contribution in [-0.4, -0.2) is 31.3 Å². The Morgan fingerprint density at radius 3 is 2.17 bits per heavy atom. The van der Waals surface area contributed by atoms with E-state index < -0.39 is 11.9 Å². The summed E-state index contributed by atoms with van der Waals surface area (Å²) in [4.78, 5) is 25.3. The van der Waals surface area contributed by atoms with Crippen molar-refractivity contribution in [1.29, 1.82) is 0 Å². The summed E-state index contributed by atoms with van der Waals surface area (Å²) in [7, 11) is 2.39. The Balaban J connectivity index is 2.42. The molecule has 0 aliphatic heterocycles. The van der Waals surface area contributed by atoms with E-state index in [9.17, 15) is 14.7 Å². The number of carbonyl (C=O) groups is 2. The summed E-state index contributed by atoms with van der Waals surface area (Å²) in [5.74, 6) is -1.83. The SMILES string of the molecule is CCc1ccc(Sc2cc(O)c(C(=O)OC)c(C(=O)OC)c2)cc1. The van der Waals surface area contributed by atoms with Crippen LogP contribution in [0.25, 0.3) is 0 Å². The summed E-state index contributed by atoms with van der Waals surface area (Å²) in [6.45, 7) is 2.08. The zero-order valence-corrected chi connectivity index (χ0v) is 14.5. The first-order valence-corrected chi connectivity index (χ1v) is 8.12. The molecule has 5 nitrogen and oxygen atoms in total. The van der Waals surface area contributed by atoms with Crippen LogP contribution < -0.4 is 0 Å². The molecular weight excluding hydrogens is 328 g/mol. The molecule has 1 N–H and O–H groups in total. The number of carbonyl (C=O) groups excluding carboxylic acids is 2. The fourth-order valence-electron chi connectivity index (χ4n) is 2.18. The molecule has 0 fully saturated rings. The smallest absolute Gasteiger partial charge is 0.342 e. The second-order valence-electron chi connectivity index (χ2n) is 4.95. The maximum atomic E-state index is 11.9. The van der Waals surface area contributed by atoms with Gasteiger partial charge in [-0.15, -0.1) is 0 Å². The molecule has 0 saturated heterocycles. The lowest BCUT2D eigenvalue weighted by atomic mass is 10.1. The van der Waals surface area contributed by atoms with Crippen LogP contribution in [0.3, 0.4) is 0 Å². The van der Waals surface area contributed by atoms with E-state index in [0.717, 1.165) is 11.3 Å². The third-order valence-corrected chi connectivity index (χ3v) is 4.43. The Morgan fingerprint density at radius 1 is 1.00 bits per heavy atom. The standard InChI is InChI=1S/C18H18O5S/c1-4-11-5-7-12(8-6-11)24-13-9-14(17(20)22-2)16(15(19)10-13)18(21)23-3/h5-10,19H,4H2,1-3H3. The second kappa shape index (κ2) is 7.88. The third kappa shape index (κ3) is 3.89. The number of methoxy groups -OCH3 is 2. The summed E-state index contributed by atoms with van der Waals surface area (Å²) < 4.78 is 9.32. The molecule has 126 valence electrons. The monoisotopic (exact) mass is 346 g/mol. The fraction of sp³-hybridized carbons (Fsp3) is 0.222. The number of ether oxygens (including phenoxy) is 2. The van der Waals surface area contributed by atoms with Crippen molar-refractivity contribution in [2.45, 2.75) is 23.1 Å². The van der Waals surface area contributed by atoms with Gasteiger partial charge < -0.3 is 14.6 Å². The highest BCUT2D eigenvalue weighted by atomic mass is 32.2. The molecule has 0 saturated carbocycles. The molecule has 0 bridgehead atoms. The molecule has 2 aromatic rings. The first kappa shape index (κ1) is 17.9. The molecule has 0 aliphatic carbocycles. The lowest BCUT2D eigenvalue weighted by Gasteiger charge is -2.11. The first-order valence-electron chi connectivity index (χ1n) is 7.30. The zero-order chi connectivity index (χ0) is 17.7. The summed E-state index contributed by atoms with van der Waals surface area (Å²) >= 11 is 1.37. The predicted molar refractivity (Wildman–Crippen MR) is 90.7 cm³/mol. The molecule has 6 heteroatoms. The van der Waals surface area contributed by atoms with Gasteiger partial charge in [0.2, 0.25) is 0 Å². The van der Waals surface area contributed by atoms with E-state index in [-0.39, 0.29) is 16.9 Å². The molecule has 0 amide bonds. The van der Waals surface area contributed by atoms with Gasteiger partial charge in [0.25, 0.3) is 0 Å². The van der Waals surface area contributed by atoms with Gasteiger partial charge in [-0.3, -0.25) is 0 Å². The Hall–Kier alpha value is -2.47. The Morgan fingerprint density at radius 2 is 1.62 bits per heavy atom. The molecule has 24 heavy (non-hydrogen) atoms. The Kier molecular flexibility index (Phi) is 5.87. The molecule has 2 rings (SSSR count). The van der Waals surface area contributed by atoms with Gasteiger partial charge in [-0.1, -0.05) is 30.8 Å². The highest BCUT2D eigenvalue weighted by molar-refractivity contribution is 7.99. The highest BCUT2D eigenvalue weighted by Gasteiger charge is 2.24. The van der Waals surface area contributed by atoms with Gasteiger partial charge in [0.05, 0.1) is 19.8 Å². The van der Waals surface area contributed by atoms with Crippen molar-refractivity contribution in [2.75, 3.05) is 14.2 Å². The summed E-state index contributed by atoms with van der Waals surface area (Å²) in [5, 5.41) is 10.2. The molecular formula is C18H18O5S. The largest absolute Gasteiger partial charge is 0.507 e. The first-order chi connectivity index (χ1) is 11.5. The highest BCUT2D eigenvalue weighted by Crippen LogP contribution is 2.34. The summed E-state index contributed by atoms with van der Waals surface area (Å²) in [6.07, 6.45) is 0.950. The van der Waals surface area contributed by atoms with Crippen molar-refractivity contribution < 1.29 is 24.2 Å². The molecule has 0 aliphatic rings. The maximum absolute atomic E-state index is 11.9. The van der Waals surface area contributed by atoms with E-state index in [4.69, 9.17) is 4.74 Å². The van der Waals surface area contributed by atoms with Crippen LogP contribution in [0.4, 0.5) is 0 Å². The molecule has 0 atom stereocenters. The summed E-state index contributed by atoms with van der Waals surface area (Å²) in [6, 6.07) is 10.9. The van der Waals surface area contributed by atoms with Gasteiger partial charge in [-0.05, 0) is 36.2 Å². The number of benzene rings is 2. The minimum Gasteiger partial charge on any atom is -0.507 e. The average molecular weight is 346 g/mol. The number of esters is 2. The fourth-order valence-corrected chi connectivity index (χ4v) is 3.07. The molecule has 0 unspecified atom stereocenters. The molecule has 0 spiro atoms. The van der Waals surface area contributed by atoms with Crippen molar-refractivity contribution in [3.63, 3.8) is 0 Å². The Bertz CT molecular complexity index is 753. The Labute approximate surface area is 144 Å². The minimum atomic E-state index is -0.795. The van der Waals surface area contributed by atoms with Crippen molar-refractivity contribution >= 4 is 23.7 Å². The van der Waals surface area contributed by atoms with E-state index in [1.807, 2.05) is 24.3 Å². The van der Waals surface area contributed by atoms with E-state index in [2.05, 4.69) is 11.7 Å². The number of hydrogen-bond donors (Lipinski definition) is 1.